The summed E-state index contributed by atoms with van der Waals surface area (Å²) in [5, 5.41) is 13.2. The van der Waals surface area contributed by atoms with Gasteiger partial charge in [0.2, 0.25) is 5.88 Å². The molecule has 0 aliphatic heterocycles. The third-order valence-corrected chi connectivity index (χ3v) is 4.32. The van der Waals surface area contributed by atoms with Crippen LogP contribution >= 0.6 is 0 Å². The van der Waals surface area contributed by atoms with Crippen LogP contribution in [-0.4, -0.2) is 34.7 Å². The van der Waals surface area contributed by atoms with Gasteiger partial charge in [-0.25, -0.2) is 23.7 Å². The second-order valence-electron chi connectivity index (χ2n) is 6.23. The summed E-state index contributed by atoms with van der Waals surface area (Å²) in [6.45, 7) is 0.170. The summed E-state index contributed by atoms with van der Waals surface area (Å²) >= 11 is 0. The summed E-state index contributed by atoms with van der Waals surface area (Å²) in [5.74, 6) is 0.106. The number of hydrogen-bond acceptors (Lipinski definition) is 6. The molecule has 0 saturated heterocycles. The second-order valence-corrected chi connectivity index (χ2v) is 6.23. The molecule has 29 heavy (non-hydrogen) atoms. The summed E-state index contributed by atoms with van der Waals surface area (Å²) in [6.07, 6.45) is 4.83. The van der Waals surface area contributed by atoms with Crippen molar-refractivity contribution in [2.45, 2.75) is 6.61 Å². The Morgan fingerprint density at radius 2 is 1.76 bits per heavy atom. The van der Waals surface area contributed by atoms with Crippen molar-refractivity contribution < 1.29 is 9.13 Å². The van der Waals surface area contributed by atoms with Gasteiger partial charge in [0, 0.05) is 0 Å². The van der Waals surface area contributed by atoms with Crippen molar-refractivity contribution in [1.29, 1.82) is 0 Å². The molecule has 2 aromatic carbocycles. The number of rotatable bonds is 5. The third-order valence-electron chi connectivity index (χ3n) is 4.32. The van der Waals surface area contributed by atoms with Crippen molar-refractivity contribution in [3.8, 4) is 17.3 Å². The highest BCUT2D eigenvalue weighted by Crippen LogP contribution is 2.23. The zero-order valence-electron chi connectivity index (χ0n) is 15.1. The molecule has 5 rings (SSSR count). The van der Waals surface area contributed by atoms with Gasteiger partial charge in [-0.2, -0.15) is 5.10 Å². The quantitative estimate of drug-likeness (QED) is 0.461. The zero-order valence-corrected chi connectivity index (χ0v) is 15.1. The molecule has 0 amide bonds. The normalized spacial score (nSPS) is 11.1. The van der Waals surface area contributed by atoms with Crippen LogP contribution in [0.5, 0.6) is 5.88 Å². The number of nitrogens with zero attached hydrogens (tertiary/aromatic N) is 7. The van der Waals surface area contributed by atoms with E-state index in [1.165, 1.54) is 18.5 Å². The van der Waals surface area contributed by atoms with Crippen molar-refractivity contribution in [3.63, 3.8) is 0 Å². The molecule has 0 bridgehead atoms. The van der Waals surface area contributed by atoms with E-state index in [-0.39, 0.29) is 12.4 Å². The van der Waals surface area contributed by atoms with E-state index in [4.69, 9.17) is 4.74 Å². The number of ether oxygens (including phenoxy) is 1. The van der Waals surface area contributed by atoms with Gasteiger partial charge in [-0.3, -0.25) is 0 Å². The van der Waals surface area contributed by atoms with E-state index in [0.717, 1.165) is 5.69 Å². The Labute approximate surface area is 164 Å². The van der Waals surface area contributed by atoms with Gasteiger partial charge in [0.15, 0.2) is 5.65 Å². The first-order valence-electron chi connectivity index (χ1n) is 8.82. The van der Waals surface area contributed by atoms with Gasteiger partial charge in [-0.15, -0.1) is 5.10 Å². The molecule has 0 aliphatic rings. The maximum Gasteiger partial charge on any atom is 0.228 e. The topological polar surface area (TPSA) is 83.5 Å². The molecular weight excluding hydrogens is 373 g/mol. The Hall–Kier alpha value is -4.14. The monoisotopic (exact) mass is 387 g/mol. The molecule has 0 fully saturated rings. The highest BCUT2D eigenvalue weighted by atomic mass is 19.1. The van der Waals surface area contributed by atoms with Gasteiger partial charge in [0.05, 0.1) is 23.8 Å². The van der Waals surface area contributed by atoms with E-state index in [0.29, 0.717) is 28.3 Å². The van der Waals surface area contributed by atoms with Crippen LogP contribution in [0.25, 0.3) is 22.4 Å². The maximum atomic E-state index is 13.1. The van der Waals surface area contributed by atoms with Gasteiger partial charge in [0.25, 0.3) is 0 Å². The Kier molecular flexibility index (Phi) is 4.17. The lowest BCUT2D eigenvalue weighted by Gasteiger charge is -2.05. The number of para-hydroxylation sites is 1. The summed E-state index contributed by atoms with van der Waals surface area (Å²) < 4.78 is 22.2. The molecule has 0 unspecified atom stereocenters. The van der Waals surface area contributed by atoms with E-state index >= 15 is 0 Å². The summed E-state index contributed by atoms with van der Waals surface area (Å²) in [7, 11) is 0. The van der Waals surface area contributed by atoms with Gasteiger partial charge in [0.1, 0.15) is 29.8 Å². The molecule has 5 aromatic rings. The molecule has 0 saturated carbocycles. The Morgan fingerprint density at radius 3 is 2.59 bits per heavy atom. The van der Waals surface area contributed by atoms with Gasteiger partial charge in [-0.1, -0.05) is 23.4 Å². The molecule has 0 spiro atoms. The van der Waals surface area contributed by atoms with E-state index in [1.807, 2.05) is 30.3 Å². The van der Waals surface area contributed by atoms with Crippen molar-refractivity contribution in [2.75, 3.05) is 0 Å². The lowest BCUT2D eigenvalue weighted by molar-refractivity contribution is 0.293. The van der Waals surface area contributed by atoms with E-state index in [2.05, 4.69) is 25.4 Å². The summed E-state index contributed by atoms with van der Waals surface area (Å²) in [4.78, 5) is 8.55. The number of aromatic nitrogens is 7. The standard InChI is InChI=1S/C20H14FN7O/c21-14-6-8-16(9-7-14)27-11-15(25-26-27)12-29-20-18-10-24-28(19(18)22-13-23-20)17-4-2-1-3-5-17/h1-11,13H,12H2. The van der Waals surface area contributed by atoms with Gasteiger partial charge >= 0.3 is 0 Å². The smallest absolute Gasteiger partial charge is 0.228 e. The van der Waals surface area contributed by atoms with Crippen molar-refractivity contribution >= 4 is 11.0 Å². The molecule has 142 valence electrons. The van der Waals surface area contributed by atoms with E-state index < -0.39 is 0 Å². The predicted octanol–water partition coefficient (Wildman–Crippen LogP) is 3.11. The van der Waals surface area contributed by atoms with Crippen molar-refractivity contribution in [2.24, 2.45) is 0 Å². The molecule has 3 aromatic heterocycles. The summed E-state index contributed by atoms with van der Waals surface area (Å²) in [6, 6.07) is 15.7. The SMILES string of the molecule is Fc1ccc(-n2cc(COc3ncnc4c3cnn4-c3ccccc3)nn2)cc1. The molecular formula is C20H14FN7O. The number of hydrogen-bond donors (Lipinski definition) is 0. The van der Waals surface area contributed by atoms with Crippen LogP contribution in [0.2, 0.25) is 0 Å². The molecule has 0 atom stereocenters. The van der Waals surface area contributed by atoms with Gasteiger partial charge in [-0.05, 0) is 36.4 Å². The highest BCUT2D eigenvalue weighted by molar-refractivity contribution is 5.81. The lowest BCUT2D eigenvalue weighted by Crippen LogP contribution is -2.00. The average molecular weight is 387 g/mol. The first kappa shape index (κ1) is 17.0. The maximum absolute atomic E-state index is 13.1. The fraction of sp³-hybridized carbons (Fsp3) is 0.0500. The Morgan fingerprint density at radius 1 is 0.931 bits per heavy atom. The fourth-order valence-corrected chi connectivity index (χ4v) is 2.92. The van der Waals surface area contributed by atoms with Crippen molar-refractivity contribution in [1.82, 2.24) is 34.7 Å². The first-order valence-corrected chi connectivity index (χ1v) is 8.82. The summed E-state index contributed by atoms with van der Waals surface area (Å²) in [5.41, 5.74) is 2.86. The minimum atomic E-state index is -0.304. The van der Waals surface area contributed by atoms with Crippen LogP contribution in [0, 0.1) is 5.82 Å². The van der Waals surface area contributed by atoms with Crippen LogP contribution in [-0.2, 0) is 6.61 Å². The largest absolute Gasteiger partial charge is 0.470 e. The van der Waals surface area contributed by atoms with Crippen LogP contribution in [0.1, 0.15) is 5.69 Å². The number of halogens is 1. The lowest BCUT2D eigenvalue weighted by atomic mass is 10.3. The predicted molar refractivity (Wildman–Crippen MR) is 102 cm³/mol. The molecule has 3 heterocycles. The number of benzene rings is 2. The van der Waals surface area contributed by atoms with Crippen LogP contribution in [0.3, 0.4) is 0 Å². The zero-order chi connectivity index (χ0) is 19.6. The van der Waals surface area contributed by atoms with Crippen LogP contribution in [0.4, 0.5) is 4.39 Å². The minimum Gasteiger partial charge on any atom is -0.470 e. The Balaban J connectivity index is 1.38. The molecule has 0 aliphatic carbocycles. The van der Waals surface area contributed by atoms with Crippen LogP contribution in [0.15, 0.2) is 73.3 Å². The average Bonchev–Trinajstić information content (AvgIpc) is 3.41. The highest BCUT2D eigenvalue weighted by Gasteiger charge is 2.13. The fourth-order valence-electron chi connectivity index (χ4n) is 2.92. The van der Waals surface area contributed by atoms with Crippen LogP contribution < -0.4 is 4.74 Å². The molecule has 9 heteroatoms. The molecule has 8 nitrogen and oxygen atoms in total. The molecule has 0 N–H and O–H groups in total. The van der Waals surface area contributed by atoms with Gasteiger partial charge < -0.3 is 4.74 Å². The second kappa shape index (κ2) is 7.12. The number of fused-ring (bicyclic) bond motifs is 1. The Bertz CT molecular complexity index is 1270. The third kappa shape index (κ3) is 3.29. The van der Waals surface area contributed by atoms with E-state index in [9.17, 15) is 4.39 Å². The van der Waals surface area contributed by atoms with E-state index in [1.54, 1.807) is 33.9 Å². The first-order chi connectivity index (χ1) is 14.3. The molecule has 0 radical (unpaired) electrons. The minimum absolute atomic E-state index is 0.170. The van der Waals surface area contributed by atoms with Crippen molar-refractivity contribution in [3.05, 3.63) is 84.8 Å².